The molecule has 1 aromatic heterocycles. The summed E-state index contributed by atoms with van der Waals surface area (Å²) in [6.45, 7) is 5.13. The van der Waals surface area contributed by atoms with Gasteiger partial charge < -0.3 is 5.32 Å². The lowest BCUT2D eigenvalue weighted by atomic mass is 10.1. The summed E-state index contributed by atoms with van der Waals surface area (Å²) in [5.41, 5.74) is 2.43. The molecule has 0 aromatic carbocycles. The maximum absolute atomic E-state index is 4.59. The first-order valence-corrected chi connectivity index (χ1v) is 5.73. The predicted molar refractivity (Wildman–Crippen MR) is 60.9 cm³/mol. The smallest absolute Gasteiger partial charge is 0.142 e. The Kier molecular flexibility index (Phi) is 3.00. The minimum Gasteiger partial charge on any atom is -0.313 e. The first-order chi connectivity index (χ1) is 7.20. The van der Waals surface area contributed by atoms with Crippen LogP contribution in [0.5, 0.6) is 0 Å². The van der Waals surface area contributed by atoms with Crippen molar-refractivity contribution in [3.8, 4) is 0 Å². The molecule has 15 heavy (non-hydrogen) atoms. The Labute approximate surface area is 91.3 Å². The predicted octanol–water partition coefficient (Wildman–Crippen LogP) is 2.20. The zero-order valence-corrected chi connectivity index (χ0v) is 9.75. The van der Waals surface area contributed by atoms with Crippen molar-refractivity contribution in [2.45, 2.75) is 45.1 Å². The lowest BCUT2D eigenvalue weighted by Crippen LogP contribution is -2.12. The molecular formula is C12H19N3. The molecule has 82 valence electrons. The number of hydrogen-bond donors (Lipinski definition) is 1. The Morgan fingerprint density at radius 3 is 2.67 bits per heavy atom. The SMILES string of the molecule is CNCc1nc(C(C)C)cc(C2CC2)n1. The topological polar surface area (TPSA) is 37.8 Å². The second kappa shape index (κ2) is 4.27. The Balaban J connectivity index is 2.30. The fraction of sp³-hybridized carbons (Fsp3) is 0.667. The standard InChI is InChI=1S/C12H19N3/c1-8(2)10-6-11(9-4-5-9)15-12(14-10)7-13-3/h6,8-9,13H,4-5,7H2,1-3H3. The van der Waals surface area contributed by atoms with Crippen molar-refractivity contribution >= 4 is 0 Å². The van der Waals surface area contributed by atoms with E-state index in [0.717, 1.165) is 12.4 Å². The van der Waals surface area contributed by atoms with Gasteiger partial charge in [-0.1, -0.05) is 13.8 Å². The number of aromatic nitrogens is 2. The van der Waals surface area contributed by atoms with Gasteiger partial charge in [0.15, 0.2) is 0 Å². The van der Waals surface area contributed by atoms with E-state index in [1.54, 1.807) is 0 Å². The van der Waals surface area contributed by atoms with Gasteiger partial charge in [-0.2, -0.15) is 0 Å². The van der Waals surface area contributed by atoms with E-state index in [0.29, 0.717) is 11.8 Å². The molecule has 0 atom stereocenters. The number of nitrogens with zero attached hydrogens (tertiary/aromatic N) is 2. The molecule has 0 radical (unpaired) electrons. The molecule has 3 heteroatoms. The molecule has 1 aliphatic rings. The van der Waals surface area contributed by atoms with Crippen molar-refractivity contribution in [2.24, 2.45) is 0 Å². The van der Waals surface area contributed by atoms with Crippen LogP contribution in [0, 0.1) is 0 Å². The summed E-state index contributed by atoms with van der Waals surface area (Å²) in [5, 5.41) is 3.11. The van der Waals surface area contributed by atoms with E-state index >= 15 is 0 Å². The van der Waals surface area contributed by atoms with E-state index < -0.39 is 0 Å². The molecule has 0 aliphatic heterocycles. The third-order valence-corrected chi connectivity index (χ3v) is 2.73. The van der Waals surface area contributed by atoms with Crippen LogP contribution in [0.4, 0.5) is 0 Å². The second-order valence-corrected chi connectivity index (χ2v) is 4.59. The normalized spacial score (nSPS) is 16.0. The summed E-state index contributed by atoms with van der Waals surface area (Å²) in [5.74, 6) is 2.13. The van der Waals surface area contributed by atoms with Gasteiger partial charge in [-0.3, -0.25) is 0 Å². The van der Waals surface area contributed by atoms with Gasteiger partial charge in [-0.25, -0.2) is 9.97 Å². The summed E-state index contributed by atoms with van der Waals surface area (Å²) >= 11 is 0. The highest BCUT2D eigenvalue weighted by atomic mass is 15.0. The summed E-state index contributed by atoms with van der Waals surface area (Å²) in [4.78, 5) is 9.15. The fourth-order valence-corrected chi connectivity index (χ4v) is 1.66. The second-order valence-electron chi connectivity index (χ2n) is 4.59. The Hall–Kier alpha value is -0.960. The Morgan fingerprint density at radius 2 is 2.13 bits per heavy atom. The number of nitrogens with one attached hydrogen (secondary N) is 1. The van der Waals surface area contributed by atoms with Gasteiger partial charge in [-0.05, 0) is 31.9 Å². The van der Waals surface area contributed by atoms with Crippen LogP contribution in [0.25, 0.3) is 0 Å². The van der Waals surface area contributed by atoms with Crippen molar-refractivity contribution in [2.75, 3.05) is 7.05 Å². The first kappa shape index (κ1) is 10.6. The Bertz CT molecular complexity index is 322. The van der Waals surface area contributed by atoms with Gasteiger partial charge in [0.25, 0.3) is 0 Å². The molecule has 2 rings (SSSR count). The van der Waals surface area contributed by atoms with Crippen molar-refractivity contribution < 1.29 is 0 Å². The van der Waals surface area contributed by atoms with Crippen molar-refractivity contribution in [3.63, 3.8) is 0 Å². The summed E-state index contributed by atoms with van der Waals surface area (Å²) in [6.07, 6.45) is 2.60. The van der Waals surface area contributed by atoms with Gasteiger partial charge in [-0.15, -0.1) is 0 Å². The molecule has 1 aromatic rings. The summed E-state index contributed by atoms with van der Waals surface area (Å²) < 4.78 is 0. The van der Waals surface area contributed by atoms with Crippen LogP contribution in [-0.4, -0.2) is 17.0 Å². The molecule has 1 heterocycles. The van der Waals surface area contributed by atoms with E-state index in [-0.39, 0.29) is 0 Å². The summed E-state index contributed by atoms with van der Waals surface area (Å²) in [7, 11) is 1.93. The van der Waals surface area contributed by atoms with Crippen molar-refractivity contribution in [1.82, 2.24) is 15.3 Å². The third kappa shape index (κ3) is 2.53. The summed E-state index contributed by atoms with van der Waals surface area (Å²) in [6, 6.07) is 2.18. The van der Waals surface area contributed by atoms with Crippen LogP contribution in [0.2, 0.25) is 0 Å². The van der Waals surface area contributed by atoms with E-state index in [1.807, 2.05) is 7.05 Å². The molecule has 1 fully saturated rings. The number of hydrogen-bond acceptors (Lipinski definition) is 3. The van der Waals surface area contributed by atoms with Crippen LogP contribution < -0.4 is 5.32 Å². The molecule has 0 saturated heterocycles. The average Bonchev–Trinajstić information content (AvgIpc) is 3.01. The molecule has 1 N–H and O–H groups in total. The van der Waals surface area contributed by atoms with Crippen LogP contribution in [0.1, 0.15) is 55.7 Å². The Morgan fingerprint density at radius 1 is 1.40 bits per heavy atom. The molecular weight excluding hydrogens is 186 g/mol. The van der Waals surface area contributed by atoms with Gasteiger partial charge in [0.05, 0.1) is 6.54 Å². The maximum atomic E-state index is 4.59. The lowest BCUT2D eigenvalue weighted by Gasteiger charge is -2.09. The fourth-order valence-electron chi connectivity index (χ4n) is 1.66. The zero-order chi connectivity index (χ0) is 10.8. The molecule has 3 nitrogen and oxygen atoms in total. The highest BCUT2D eigenvalue weighted by molar-refractivity contribution is 5.21. The monoisotopic (exact) mass is 205 g/mol. The van der Waals surface area contributed by atoms with Crippen LogP contribution >= 0.6 is 0 Å². The van der Waals surface area contributed by atoms with E-state index in [2.05, 4.69) is 35.2 Å². The quantitative estimate of drug-likeness (QED) is 0.818. The highest BCUT2D eigenvalue weighted by Gasteiger charge is 2.26. The molecule has 0 amide bonds. The van der Waals surface area contributed by atoms with Crippen LogP contribution in [0.3, 0.4) is 0 Å². The minimum absolute atomic E-state index is 0.487. The van der Waals surface area contributed by atoms with Crippen LogP contribution in [-0.2, 0) is 6.54 Å². The van der Waals surface area contributed by atoms with Crippen molar-refractivity contribution in [1.29, 1.82) is 0 Å². The minimum atomic E-state index is 0.487. The molecule has 0 unspecified atom stereocenters. The number of rotatable bonds is 4. The van der Waals surface area contributed by atoms with Gasteiger partial charge in [0.2, 0.25) is 0 Å². The molecule has 0 bridgehead atoms. The third-order valence-electron chi connectivity index (χ3n) is 2.73. The van der Waals surface area contributed by atoms with Crippen molar-refractivity contribution in [3.05, 3.63) is 23.3 Å². The molecule has 1 saturated carbocycles. The average molecular weight is 205 g/mol. The van der Waals surface area contributed by atoms with Gasteiger partial charge in [0.1, 0.15) is 5.82 Å². The maximum Gasteiger partial charge on any atom is 0.142 e. The molecule has 0 spiro atoms. The molecule has 1 aliphatic carbocycles. The zero-order valence-electron chi connectivity index (χ0n) is 9.75. The van der Waals surface area contributed by atoms with E-state index in [9.17, 15) is 0 Å². The van der Waals surface area contributed by atoms with E-state index in [1.165, 1.54) is 24.2 Å². The highest BCUT2D eigenvalue weighted by Crippen LogP contribution is 2.39. The van der Waals surface area contributed by atoms with Crippen LogP contribution in [0.15, 0.2) is 6.07 Å². The lowest BCUT2D eigenvalue weighted by molar-refractivity contribution is 0.712. The largest absolute Gasteiger partial charge is 0.313 e. The van der Waals surface area contributed by atoms with Gasteiger partial charge in [0, 0.05) is 17.3 Å². The first-order valence-electron chi connectivity index (χ1n) is 5.73. The van der Waals surface area contributed by atoms with E-state index in [4.69, 9.17) is 0 Å². The van der Waals surface area contributed by atoms with Gasteiger partial charge >= 0.3 is 0 Å².